The lowest BCUT2D eigenvalue weighted by molar-refractivity contribution is -0.114. The minimum Gasteiger partial charge on any atom is -0.477 e. The smallest absolute Gasteiger partial charge is 0.354 e. The number of aromatic carboxylic acids is 1. The van der Waals surface area contributed by atoms with Crippen LogP contribution in [0.4, 0.5) is 5.69 Å². The van der Waals surface area contributed by atoms with Gasteiger partial charge in [0.05, 0.1) is 28.7 Å². The molecule has 0 atom stereocenters. The molecule has 3 aromatic rings. The Bertz CT molecular complexity index is 1380. The monoisotopic (exact) mass is 458 g/mol. The predicted molar refractivity (Wildman–Crippen MR) is 129 cm³/mol. The minimum atomic E-state index is -1.24. The number of rotatable bonds is 6. The molecule has 0 bridgehead atoms. The van der Waals surface area contributed by atoms with E-state index in [1.54, 1.807) is 72.8 Å². The number of hydrazone groups is 1. The van der Waals surface area contributed by atoms with Crippen molar-refractivity contribution in [1.82, 2.24) is 9.78 Å². The largest absolute Gasteiger partial charge is 0.477 e. The quantitative estimate of drug-likeness (QED) is 0.297. The average Bonchev–Trinajstić information content (AvgIpc) is 3.35. The molecule has 0 radical (unpaired) electrons. The lowest BCUT2D eigenvalue weighted by atomic mass is 10.2. The summed E-state index contributed by atoms with van der Waals surface area (Å²) in [5.74, 6) is -1.52. The van der Waals surface area contributed by atoms with Crippen molar-refractivity contribution in [2.24, 2.45) is 5.10 Å². The fraction of sp³-hybridized carbons (Fsp3) is 0. The summed E-state index contributed by atoms with van der Waals surface area (Å²) in [5.41, 5.74) is 0.854. The number of para-hydroxylation sites is 1. The molecule has 1 amide bonds. The van der Waals surface area contributed by atoms with Gasteiger partial charge in [0.15, 0.2) is 5.69 Å². The highest BCUT2D eigenvalue weighted by Gasteiger charge is 2.23. The Balaban J connectivity index is 1.51. The normalized spacial score (nSPS) is 14.9. The van der Waals surface area contributed by atoms with E-state index in [0.29, 0.717) is 16.9 Å². The Morgan fingerprint density at radius 2 is 1.70 bits per heavy atom. The zero-order valence-corrected chi connectivity index (χ0v) is 18.0. The number of hydrogen-bond acceptors (Lipinski definition) is 5. The van der Waals surface area contributed by atoms with Crippen molar-refractivity contribution in [1.29, 1.82) is 0 Å². The first-order chi connectivity index (χ1) is 16.0. The molecule has 1 aromatic heterocycles. The van der Waals surface area contributed by atoms with Crippen molar-refractivity contribution in [2.75, 3.05) is 5.01 Å². The summed E-state index contributed by atoms with van der Waals surface area (Å²) < 4.78 is 1.18. The van der Waals surface area contributed by atoms with Crippen molar-refractivity contribution in [2.45, 2.75) is 4.90 Å². The van der Waals surface area contributed by atoms with Gasteiger partial charge in [0, 0.05) is 4.90 Å². The van der Waals surface area contributed by atoms with Gasteiger partial charge in [-0.25, -0.2) is 9.48 Å². The highest BCUT2D eigenvalue weighted by molar-refractivity contribution is 7.80. The van der Waals surface area contributed by atoms with E-state index in [1.807, 2.05) is 0 Å². The molecule has 0 unspecified atom stereocenters. The first-order valence-corrected chi connectivity index (χ1v) is 10.3. The zero-order valence-electron chi connectivity index (χ0n) is 17.1. The Morgan fingerprint density at radius 3 is 2.39 bits per heavy atom. The van der Waals surface area contributed by atoms with E-state index in [-0.39, 0.29) is 17.2 Å². The average molecular weight is 458 g/mol. The summed E-state index contributed by atoms with van der Waals surface area (Å²) in [4.78, 5) is 37.6. The van der Waals surface area contributed by atoms with Crippen LogP contribution in [-0.4, -0.2) is 33.0 Å². The van der Waals surface area contributed by atoms with Crippen LogP contribution in [0.25, 0.3) is 11.8 Å². The Labute approximate surface area is 193 Å². The van der Waals surface area contributed by atoms with Crippen LogP contribution in [0.15, 0.2) is 99.3 Å². The number of carbonyl (C=O) groups is 2. The van der Waals surface area contributed by atoms with E-state index < -0.39 is 11.5 Å². The van der Waals surface area contributed by atoms with Gasteiger partial charge in [0.25, 0.3) is 11.5 Å². The predicted octanol–water partition coefficient (Wildman–Crippen LogP) is 3.68. The number of carboxylic acids is 1. The van der Waals surface area contributed by atoms with Crippen LogP contribution in [0.1, 0.15) is 16.1 Å². The number of nitrogens with one attached hydrogen (secondary N) is 1. The maximum absolute atomic E-state index is 12.7. The van der Waals surface area contributed by atoms with E-state index in [1.165, 1.54) is 28.1 Å². The maximum atomic E-state index is 12.7. The maximum Gasteiger partial charge on any atom is 0.354 e. The van der Waals surface area contributed by atoms with Gasteiger partial charge >= 0.3 is 5.97 Å². The summed E-state index contributed by atoms with van der Waals surface area (Å²) >= 11 is 4.23. The third-order valence-corrected chi connectivity index (χ3v) is 5.06. The van der Waals surface area contributed by atoms with Crippen LogP contribution in [0.5, 0.6) is 0 Å². The standard InChI is InChI=1S/C24H18N4O4S/c29-22-16(15-25-27(22)18-11-13-19(33)14-12-18)7-3-1-6-10-20-21(24(31)32)26-28(23(20)30)17-8-4-2-5-9-17/h1-15,26,33H,(H,31,32). The van der Waals surface area contributed by atoms with Gasteiger partial charge in [-0.05, 0) is 48.6 Å². The molecule has 0 spiro atoms. The third kappa shape index (κ3) is 4.63. The molecule has 8 nitrogen and oxygen atoms in total. The molecule has 1 aliphatic rings. The van der Waals surface area contributed by atoms with Crippen LogP contribution < -0.4 is 10.6 Å². The molecule has 33 heavy (non-hydrogen) atoms. The van der Waals surface area contributed by atoms with Crippen LogP contribution >= 0.6 is 12.6 Å². The van der Waals surface area contributed by atoms with Crippen molar-refractivity contribution in [3.05, 3.63) is 106 Å². The van der Waals surface area contributed by atoms with Crippen molar-refractivity contribution < 1.29 is 14.7 Å². The summed E-state index contributed by atoms with van der Waals surface area (Å²) in [6.45, 7) is 0. The number of thiol groups is 1. The van der Waals surface area contributed by atoms with Crippen molar-refractivity contribution in [3.63, 3.8) is 0 Å². The SMILES string of the molecule is O=C(O)c1[nH]n(-c2ccccc2)c(=O)c1C=CC=CC=C1C=NN(c2ccc(S)cc2)C1=O. The molecule has 4 rings (SSSR count). The molecule has 2 aromatic carbocycles. The fourth-order valence-corrected chi connectivity index (χ4v) is 3.29. The second-order valence-corrected chi connectivity index (χ2v) is 7.44. The van der Waals surface area contributed by atoms with E-state index in [2.05, 4.69) is 22.8 Å². The first kappa shape index (κ1) is 21.8. The summed E-state index contributed by atoms with van der Waals surface area (Å²) in [6.07, 6.45) is 9.19. The number of carbonyl (C=O) groups excluding carboxylic acids is 1. The van der Waals surface area contributed by atoms with Crippen molar-refractivity contribution in [3.8, 4) is 5.69 Å². The number of hydrogen-bond donors (Lipinski definition) is 3. The molecule has 1 aliphatic heterocycles. The van der Waals surface area contributed by atoms with Gasteiger partial charge in [0.2, 0.25) is 0 Å². The topological polar surface area (TPSA) is 108 Å². The van der Waals surface area contributed by atoms with Gasteiger partial charge < -0.3 is 5.11 Å². The molecular weight excluding hydrogens is 440 g/mol. The van der Waals surface area contributed by atoms with E-state index in [0.717, 1.165) is 4.90 Å². The highest BCUT2D eigenvalue weighted by Crippen LogP contribution is 2.22. The second-order valence-electron chi connectivity index (χ2n) is 6.93. The van der Waals surface area contributed by atoms with Crippen LogP contribution in [0.3, 0.4) is 0 Å². The number of amides is 1. The summed E-state index contributed by atoms with van der Waals surface area (Å²) in [5, 5.41) is 17.5. The van der Waals surface area contributed by atoms with Gasteiger partial charge in [-0.2, -0.15) is 10.1 Å². The zero-order chi connectivity index (χ0) is 23.4. The molecule has 9 heteroatoms. The van der Waals surface area contributed by atoms with Gasteiger partial charge in [-0.3, -0.25) is 14.7 Å². The number of nitrogens with zero attached hydrogens (tertiary/aromatic N) is 3. The Hall–Kier alpha value is -4.37. The molecular formula is C24H18N4O4S. The Kier molecular flexibility index (Phi) is 6.23. The lowest BCUT2D eigenvalue weighted by Gasteiger charge is -2.11. The number of benzene rings is 2. The summed E-state index contributed by atoms with van der Waals surface area (Å²) in [6, 6.07) is 15.7. The summed E-state index contributed by atoms with van der Waals surface area (Å²) in [7, 11) is 0. The number of aromatic nitrogens is 2. The van der Waals surface area contributed by atoms with Gasteiger partial charge in [0.1, 0.15) is 0 Å². The minimum absolute atomic E-state index is 0.0148. The van der Waals surface area contributed by atoms with E-state index in [9.17, 15) is 19.5 Å². The molecule has 0 aliphatic carbocycles. The first-order valence-electron chi connectivity index (χ1n) is 9.82. The number of aromatic amines is 1. The Morgan fingerprint density at radius 1 is 0.970 bits per heavy atom. The molecule has 0 fully saturated rings. The van der Waals surface area contributed by atoms with Gasteiger partial charge in [-0.1, -0.05) is 36.4 Å². The molecule has 2 heterocycles. The van der Waals surface area contributed by atoms with Crippen LogP contribution in [0, 0.1) is 0 Å². The number of anilines is 1. The molecule has 0 saturated carbocycles. The molecule has 2 N–H and O–H groups in total. The van der Waals surface area contributed by atoms with Gasteiger partial charge in [-0.15, -0.1) is 12.6 Å². The van der Waals surface area contributed by atoms with Crippen LogP contribution in [0.2, 0.25) is 0 Å². The van der Waals surface area contributed by atoms with Crippen molar-refractivity contribution >= 4 is 42.5 Å². The number of allylic oxidation sites excluding steroid dienone is 4. The third-order valence-electron chi connectivity index (χ3n) is 4.76. The highest BCUT2D eigenvalue weighted by atomic mass is 32.1. The van der Waals surface area contributed by atoms with E-state index >= 15 is 0 Å². The fourth-order valence-electron chi connectivity index (χ4n) is 3.14. The number of H-pyrrole nitrogens is 1. The molecule has 164 valence electrons. The number of carboxylic acid groups (broad SMARTS) is 1. The lowest BCUT2D eigenvalue weighted by Crippen LogP contribution is -2.20. The van der Waals surface area contributed by atoms with E-state index in [4.69, 9.17) is 0 Å². The van der Waals surface area contributed by atoms with Crippen LogP contribution in [-0.2, 0) is 4.79 Å². The molecule has 0 saturated heterocycles. The second kappa shape index (κ2) is 9.41.